The van der Waals surface area contributed by atoms with Crippen LogP contribution in [0.15, 0.2) is 53.4 Å². The maximum atomic E-state index is 13.4. The molecule has 2 saturated heterocycles. The second kappa shape index (κ2) is 20.6. The quantitative estimate of drug-likeness (QED) is 0.222. The van der Waals surface area contributed by atoms with Gasteiger partial charge in [0.05, 0.1) is 16.4 Å². The van der Waals surface area contributed by atoms with Gasteiger partial charge in [-0.1, -0.05) is 55.2 Å². The van der Waals surface area contributed by atoms with Crippen LogP contribution >= 0.6 is 34.5 Å². The minimum absolute atomic E-state index is 0.00505. The van der Waals surface area contributed by atoms with Gasteiger partial charge in [0.25, 0.3) is 5.91 Å². The third kappa shape index (κ3) is 14.1. The summed E-state index contributed by atoms with van der Waals surface area (Å²) in [6.07, 6.45) is -0.0788. The molecule has 19 heteroatoms. The van der Waals surface area contributed by atoms with Crippen molar-refractivity contribution in [2.75, 3.05) is 65.4 Å². The molecule has 2 fully saturated rings. The van der Waals surface area contributed by atoms with Crippen molar-refractivity contribution in [1.29, 1.82) is 0 Å². The Balaban J connectivity index is 0.000000355. The number of carbonyl (C=O) groups is 5. The zero-order chi connectivity index (χ0) is 41.9. The summed E-state index contributed by atoms with van der Waals surface area (Å²) in [5, 5.41) is 9.77. The molecule has 0 aliphatic carbocycles. The van der Waals surface area contributed by atoms with Crippen LogP contribution in [0.3, 0.4) is 0 Å². The molecule has 57 heavy (non-hydrogen) atoms. The number of alkyl carbamates (subject to hydrolysis) is 1. The zero-order valence-electron chi connectivity index (χ0n) is 32.7. The van der Waals surface area contributed by atoms with Crippen molar-refractivity contribution in [3.63, 3.8) is 0 Å². The number of nitrogens with one attached hydrogen (secondary N) is 4. The lowest BCUT2D eigenvalue weighted by atomic mass is 10.0. The number of hydrogen-bond donors (Lipinski definition) is 4. The van der Waals surface area contributed by atoms with E-state index in [9.17, 15) is 32.4 Å². The minimum atomic E-state index is -4.02. The highest BCUT2D eigenvalue weighted by molar-refractivity contribution is 7.89. The number of halogens is 2. The second-order valence-electron chi connectivity index (χ2n) is 14.9. The summed E-state index contributed by atoms with van der Waals surface area (Å²) in [7, 11) is -4.02. The molecule has 2 aromatic carbocycles. The molecule has 2 aliphatic rings. The van der Waals surface area contributed by atoms with Gasteiger partial charge in [-0.3, -0.25) is 19.2 Å². The van der Waals surface area contributed by atoms with Crippen LogP contribution < -0.4 is 20.7 Å². The van der Waals surface area contributed by atoms with Crippen molar-refractivity contribution in [1.82, 2.24) is 35.4 Å². The first-order valence-electron chi connectivity index (χ1n) is 18.6. The fourth-order valence-corrected chi connectivity index (χ4v) is 8.65. The van der Waals surface area contributed by atoms with E-state index in [0.29, 0.717) is 29.4 Å². The molecule has 0 saturated carbocycles. The number of carbonyl (C=O) groups excluding carboxylic acids is 5. The smallest absolute Gasteiger partial charge is 0.408 e. The Bertz CT molecular complexity index is 1980. The van der Waals surface area contributed by atoms with Crippen molar-refractivity contribution in [3.05, 3.63) is 63.5 Å². The molecule has 312 valence electrons. The van der Waals surface area contributed by atoms with Gasteiger partial charge in [0.1, 0.15) is 23.1 Å². The molecule has 4 N–H and O–H groups in total. The van der Waals surface area contributed by atoms with Gasteiger partial charge in [-0.05, 0) is 68.8 Å². The van der Waals surface area contributed by atoms with Crippen LogP contribution in [0.4, 0.5) is 4.79 Å². The van der Waals surface area contributed by atoms with E-state index in [0.717, 1.165) is 23.2 Å². The van der Waals surface area contributed by atoms with Crippen molar-refractivity contribution in [2.45, 2.75) is 57.6 Å². The maximum absolute atomic E-state index is 13.4. The summed E-state index contributed by atoms with van der Waals surface area (Å²) in [6.45, 7) is 12.9. The largest absolute Gasteiger partial charge is 0.444 e. The Kier molecular flexibility index (Phi) is 16.5. The molecule has 5 rings (SSSR count). The molecule has 3 heterocycles. The van der Waals surface area contributed by atoms with Crippen LogP contribution in [-0.4, -0.2) is 130 Å². The van der Waals surface area contributed by atoms with E-state index < -0.39 is 40.2 Å². The Hall–Kier alpha value is -4.00. The lowest BCUT2D eigenvalue weighted by molar-refractivity contribution is -0.140. The molecule has 1 aromatic heterocycles. The van der Waals surface area contributed by atoms with Gasteiger partial charge in [-0.15, -0.1) is 11.3 Å². The monoisotopic (exact) mass is 867 g/mol. The number of benzene rings is 2. The third-order valence-corrected chi connectivity index (χ3v) is 12.0. The molecule has 0 bridgehead atoms. The number of rotatable bonds is 11. The molecule has 2 aliphatic heterocycles. The molecule has 0 spiro atoms. The lowest BCUT2D eigenvalue weighted by Gasteiger charge is -2.36. The molecule has 3 aromatic rings. The third-order valence-electron chi connectivity index (χ3n) is 8.75. The number of amides is 5. The Labute approximate surface area is 347 Å². The van der Waals surface area contributed by atoms with Gasteiger partial charge in [0, 0.05) is 62.1 Å². The fourth-order valence-electron chi connectivity index (χ4n) is 5.94. The average molecular weight is 869 g/mol. The van der Waals surface area contributed by atoms with Gasteiger partial charge in [0.2, 0.25) is 27.7 Å². The van der Waals surface area contributed by atoms with Crippen LogP contribution in [0.5, 0.6) is 0 Å². The van der Waals surface area contributed by atoms with Crippen LogP contribution in [-0.2, 0) is 29.1 Å². The standard InChI is InChI=1S/C27H30Cl2N4O5S2.C11H21N3O3/c1-17(2)13-21(31-26(35)23-14-18-5-3-4-6-22(18)39-23)27(36)33-11-9-32(10-12-33)25(34)16-30-40(37,38)24-8-7-19(28)15-20(24)29;1-11(2,3)17-10(16)13-8-9(15)14-6-4-12-5-7-14/h3-8,14-15,17,21,30H,9-13,16H2,1-2H3,(H,31,35);12H,4-8H2,1-3H3,(H,13,16)/t21-;/m0./s1. The highest BCUT2D eigenvalue weighted by Crippen LogP contribution is 2.26. The van der Waals surface area contributed by atoms with Crippen molar-refractivity contribution >= 4 is 84.4 Å². The topological polar surface area (TPSA) is 187 Å². The number of fused-ring (bicyclic) bond motifs is 1. The summed E-state index contributed by atoms with van der Waals surface area (Å²) < 4.78 is 33.5. The van der Waals surface area contributed by atoms with Gasteiger partial charge < -0.3 is 35.4 Å². The first kappa shape index (κ1) is 45.7. The van der Waals surface area contributed by atoms with Gasteiger partial charge in [0.15, 0.2) is 0 Å². The fraction of sp³-hybridized carbons (Fsp3) is 0.500. The first-order chi connectivity index (χ1) is 26.8. The summed E-state index contributed by atoms with van der Waals surface area (Å²) >= 11 is 13.2. The molecule has 0 unspecified atom stereocenters. The SMILES string of the molecule is CC(C)(C)OC(=O)NCC(=O)N1CCNCC1.CC(C)C[C@H](NC(=O)c1cc2ccccc2s1)C(=O)N1CCN(C(=O)CNS(=O)(=O)c2ccc(Cl)cc2Cl)CC1. The normalized spacial score (nSPS) is 15.4. The summed E-state index contributed by atoms with van der Waals surface area (Å²) in [6, 6.07) is 12.8. The predicted octanol–water partition coefficient (Wildman–Crippen LogP) is 3.94. The maximum Gasteiger partial charge on any atom is 0.408 e. The van der Waals surface area contributed by atoms with Crippen molar-refractivity contribution < 1.29 is 37.1 Å². The van der Waals surface area contributed by atoms with Crippen LogP contribution in [0.25, 0.3) is 10.1 Å². The van der Waals surface area contributed by atoms with Gasteiger partial charge in [-0.25, -0.2) is 17.9 Å². The van der Waals surface area contributed by atoms with Crippen molar-refractivity contribution in [2.24, 2.45) is 5.92 Å². The summed E-state index contributed by atoms with van der Waals surface area (Å²) in [4.78, 5) is 67.5. The zero-order valence-corrected chi connectivity index (χ0v) is 35.9. The molecule has 5 amide bonds. The molecular weight excluding hydrogens is 817 g/mol. The molecular formula is C38H51Cl2N7O8S2. The predicted molar refractivity (Wildman–Crippen MR) is 221 cm³/mol. The summed E-state index contributed by atoms with van der Waals surface area (Å²) in [5.74, 6) is -0.813. The van der Waals surface area contributed by atoms with E-state index in [4.69, 9.17) is 27.9 Å². The molecule has 1 atom stereocenters. The summed E-state index contributed by atoms with van der Waals surface area (Å²) in [5.41, 5.74) is -0.540. The van der Waals surface area contributed by atoms with E-state index in [-0.39, 0.29) is 66.3 Å². The number of piperazine rings is 2. The lowest BCUT2D eigenvalue weighted by Crippen LogP contribution is -2.57. The van der Waals surface area contributed by atoms with E-state index in [1.54, 1.807) is 30.6 Å². The van der Waals surface area contributed by atoms with E-state index in [2.05, 4.69) is 20.7 Å². The number of thiophene rings is 1. The number of ether oxygens (including phenoxy) is 1. The van der Waals surface area contributed by atoms with Crippen LogP contribution in [0, 0.1) is 5.92 Å². The molecule has 0 radical (unpaired) electrons. The van der Waals surface area contributed by atoms with E-state index in [1.807, 2.05) is 44.2 Å². The number of hydrogen-bond acceptors (Lipinski definition) is 10. The number of sulfonamides is 1. The van der Waals surface area contributed by atoms with Crippen molar-refractivity contribution in [3.8, 4) is 0 Å². The first-order valence-corrected chi connectivity index (χ1v) is 21.6. The average Bonchev–Trinajstić information content (AvgIpc) is 3.60. The molecule has 15 nitrogen and oxygen atoms in total. The Morgan fingerprint density at radius 1 is 0.860 bits per heavy atom. The second-order valence-corrected chi connectivity index (χ2v) is 18.6. The Morgan fingerprint density at radius 2 is 1.47 bits per heavy atom. The Morgan fingerprint density at radius 3 is 2.09 bits per heavy atom. The highest BCUT2D eigenvalue weighted by Gasteiger charge is 2.31. The minimum Gasteiger partial charge on any atom is -0.444 e. The van der Waals surface area contributed by atoms with Crippen LogP contribution in [0.1, 0.15) is 50.7 Å². The van der Waals surface area contributed by atoms with E-state index >= 15 is 0 Å². The number of nitrogens with zero attached hydrogens (tertiary/aromatic N) is 3. The highest BCUT2D eigenvalue weighted by atomic mass is 35.5. The van der Waals surface area contributed by atoms with Gasteiger partial charge >= 0.3 is 6.09 Å². The van der Waals surface area contributed by atoms with Gasteiger partial charge in [-0.2, -0.15) is 0 Å². The van der Waals surface area contributed by atoms with E-state index in [1.165, 1.54) is 34.4 Å². The van der Waals surface area contributed by atoms with Crippen LogP contribution in [0.2, 0.25) is 10.0 Å².